The molecule has 4 aromatic rings. The number of aromatic amines is 1. The standard InChI is InChI=1S/C24H25N3O2S2/c1-15(2)22(27-23(28)21-10-6-12-31-21)24(29)26-14-18(20-9-5-11-30-20)17-13-25-19-8-4-3-7-16(17)19/h3-13,15,18,22,25H,14H2,1-2H3,(H,26,29)(H,27,28)/t18-,22-/m0/s1. The molecule has 0 aliphatic carbocycles. The lowest BCUT2D eigenvalue weighted by molar-refractivity contribution is -0.123. The van der Waals surface area contributed by atoms with Crippen molar-refractivity contribution < 1.29 is 9.59 Å². The summed E-state index contributed by atoms with van der Waals surface area (Å²) in [6.07, 6.45) is 2.03. The van der Waals surface area contributed by atoms with Gasteiger partial charge in [-0.15, -0.1) is 22.7 Å². The summed E-state index contributed by atoms with van der Waals surface area (Å²) < 4.78 is 0. The molecule has 0 fully saturated rings. The first kappa shape index (κ1) is 21.3. The first-order valence-electron chi connectivity index (χ1n) is 10.3. The Labute approximate surface area is 189 Å². The number of carbonyl (C=O) groups is 2. The second-order valence-electron chi connectivity index (χ2n) is 7.78. The average Bonchev–Trinajstić information content (AvgIpc) is 3.54. The Morgan fingerprint density at radius 1 is 1.00 bits per heavy atom. The van der Waals surface area contributed by atoms with E-state index in [2.05, 4.69) is 39.2 Å². The van der Waals surface area contributed by atoms with Gasteiger partial charge in [0, 0.05) is 34.4 Å². The lowest BCUT2D eigenvalue weighted by Crippen LogP contribution is -2.50. The maximum Gasteiger partial charge on any atom is 0.262 e. The first-order chi connectivity index (χ1) is 15.0. The summed E-state index contributed by atoms with van der Waals surface area (Å²) in [6.45, 7) is 4.34. The van der Waals surface area contributed by atoms with Gasteiger partial charge in [-0.05, 0) is 40.4 Å². The average molecular weight is 452 g/mol. The Kier molecular flexibility index (Phi) is 6.53. The number of benzene rings is 1. The molecule has 0 saturated carbocycles. The van der Waals surface area contributed by atoms with Crippen molar-refractivity contribution in [2.24, 2.45) is 5.92 Å². The van der Waals surface area contributed by atoms with Crippen LogP contribution in [0.2, 0.25) is 0 Å². The highest BCUT2D eigenvalue weighted by atomic mass is 32.1. The van der Waals surface area contributed by atoms with Crippen LogP contribution in [0.3, 0.4) is 0 Å². The Morgan fingerprint density at radius 2 is 1.77 bits per heavy atom. The molecular weight excluding hydrogens is 426 g/mol. The Hall–Kier alpha value is -2.90. The quantitative estimate of drug-likeness (QED) is 0.353. The van der Waals surface area contributed by atoms with Gasteiger partial charge < -0.3 is 15.6 Å². The normalized spacial score (nSPS) is 13.3. The minimum absolute atomic E-state index is 0.0286. The summed E-state index contributed by atoms with van der Waals surface area (Å²) in [4.78, 5) is 30.7. The molecule has 0 saturated heterocycles. The van der Waals surface area contributed by atoms with Gasteiger partial charge in [-0.2, -0.15) is 0 Å². The van der Waals surface area contributed by atoms with E-state index in [1.807, 2.05) is 49.7 Å². The van der Waals surface area contributed by atoms with Gasteiger partial charge in [0.15, 0.2) is 0 Å². The van der Waals surface area contributed by atoms with Crippen molar-refractivity contribution in [3.8, 4) is 0 Å². The third kappa shape index (κ3) is 4.73. The number of carbonyl (C=O) groups excluding carboxylic acids is 2. The number of hydrogen-bond acceptors (Lipinski definition) is 4. The van der Waals surface area contributed by atoms with Crippen molar-refractivity contribution in [2.45, 2.75) is 25.8 Å². The van der Waals surface area contributed by atoms with Gasteiger partial charge in [-0.1, -0.05) is 44.2 Å². The Balaban J connectivity index is 1.52. The molecule has 2 amide bonds. The lowest BCUT2D eigenvalue weighted by Gasteiger charge is -2.23. The molecule has 1 aromatic carbocycles. The third-order valence-electron chi connectivity index (χ3n) is 5.34. The zero-order chi connectivity index (χ0) is 21.8. The van der Waals surface area contributed by atoms with Gasteiger partial charge in [0.2, 0.25) is 5.91 Å². The van der Waals surface area contributed by atoms with Crippen LogP contribution < -0.4 is 10.6 Å². The van der Waals surface area contributed by atoms with E-state index < -0.39 is 6.04 Å². The highest BCUT2D eigenvalue weighted by Gasteiger charge is 2.27. The van der Waals surface area contributed by atoms with E-state index >= 15 is 0 Å². The molecule has 0 unspecified atom stereocenters. The second-order valence-corrected chi connectivity index (χ2v) is 9.70. The predicted molar refractivity (Wildman–Crippen MR) is 128 cm³/mol. The first-order valence-corrected chi connectivity index (χ1v) is 12.0. The maximum atomic E-state index is 13.1. The summed E-state index contributed by atoms with van der Waals surface area (Å²) in [7, 11) is 0. The van der Waals surface area contributed by atoms with E-state index in [-0.39, 0.29) is 23.7 Å². The molecular formula is C24H25N3O2S2. The SMILES string of the molecule is CC(C)[C@H](NC(=O)c1cccs1)C(=O)NC[C@H](c1cccs1)c1c[nH]c2ccccc12. The van der Waals surface area contributed by atoms with E-state index in [0.717, 1.165) is 16.5 Å². The van der Waals surface area contributed by atoms with Gasteiger partial charge in [-0.3, -0.25) is 9.59 Å². The van der Waals surface area contributed by atoms with E-state index in [1.165, 1.54) is 16.2 Å². The number of aromatic nitrogens is 1. The fourth-order valence-electron chi connectivity index (χ4n) is 3.70. The van der Waals surface area contributed by atoms with Gasteiger partial charge >= 0.3 is 0 Å². The van der Waals surface area contributed by atoms with E-state index in [4.69, 9.17) is 0 Å². The van der Waals surface area contributed by atoms with Crippen LogP contribution in [-0.4, -0.2) is 29.4 Å². The van der Waals surface area contributed by atoms with Crippen LogP contribution in [0, 0.1) is 5.92 Å². The maximum absolute atomic E-state index is 13.1. The summed E-state index contributed by atoms with van der Waals surface area (Å²) in [5.74, 6) is -0.380. The molecule has 31 heavy (non-hydrogen) atoms. The van der Waals surface area contributed by atoms with Crippen LogP contribution in [0.1, 0.15) is 39.9 Å². The van der Waals surface area contributed by atoms with Crippen LogP contribution in [0.25, 0.3) is 10.9 Å². The number of thiophene rings is 2. The molecule has 7 heteroatoms. The van der Waals surface area contributed by atoms with E-state index in [1.54, 1.807) is 17.4 Å². The van der Waals surface area contributed by atoms with Crippen LogP contribution in [0.4, 0.5) is 0 Å². The number of amides is 2. The Morgan fingerprint density at radius 3 is 2.48 bits per heavy atom. The van der Waals surface area contributed by atoms with Crippen LogP contribution in [0.15, 0.2) is 65.5 Å². The van der Waals surface area contributed by atoms with Gasteiger partial charge in [-0.25, -0.2) is 0 Å². The topological polar surface area (TPSA) is 74.0 Å². The number of hydrogen-bond donors (Lipinski definition) is 3. The van der Waals surface area contributed by atoms with Gasteiger partial charge in [0.25, 0.3) is 5.91 Å². The van der Waals surface area contributed by atoms with Crippen molar-refractivity contribution in [3.05, 3.63) is 80.8 Å². The Bertz CT molecular complexity index is 1150. The minimum atomic E-state index is -0.596. The second kappa shape index (κ2) is 9.49. The minimum Gasteiger partial charge on any atom is -0.361 e. The number of nitrogens with one attached hydrogen (secondary N) is 3. The van der Waals surface area contributed by atoms with Crippen LogP contribution >= 0.6 is 22.7 Å². The number of H-pyrrole nitrogens is 1. The number of para-hydroxylation sites is 1. The molecule has 3 heterocycles. The summed E-state index contributed by atoms with van der Waals surface area (Å²) >= 11 is 3.05. The largest absolute Gasteiger partial charge is 0.361 e. The molecule has 4 rings (SSSR count). The molecule has 0 radical (unpaired) electrons. The third-order valence-corrected chi connectivity index (χ3v) is 7.20. The molecule has 2 atom stereocenters. The smallest absolute Gasteiger partial charge is 0.262 e. The fraction of sp³-hybridized carbons (Fsp3) is 0.250. The number of rotatable bonds is 8. The lowest BCUT2D eigenvalue weighted by atomic mass is 9.96. The van der Waals surface area contributed by atoms with E-state index in [9.17, 15) is 9.59 Å². The van der Waals surface area contributed by atoms with Crippen LogP contribution in [-0.2, 0) is 4.79 Å². The monoisotopic (exact) mass is 451 g/mol. The predicted octanol–water partition coefficient (Wildman–Crippen LogP) is 4.99. The summed E-state index contributed by atoms with van der Waals surface area (Å²) in [6, 6.07) is 15.3. The van der Waals surface area contributed by atoms with Crippen molar-refractivity contribution >= 4 is 45.4 Å². The van der Waals surface area contributed by atoms with Crippen LogP contribution in [0.5, 0.6) is 0 Å². The fourth-order valence-corrected chi connectivity index (χ4v) is 5.18. The molecule has 3 aromatic heterocycles. The molecule has 0 bridgehead atoms. The van der Waals surface area contributed by atoms with E-state index in [0.29, 0.717) is 11.4 Å². The van der Waals surface area contributed by atoms with Crippen molar-refractivity contribution in [1.29, 1.82) is 0 Å². The molecule has 0 spiro atoms. The molecule has 0 aliphatic rings. The number of fused-ring (bicyclic) bond motifs is 1. The zero-order valence-electron chi connectivity index (χ0n) is 17.4. The highest BCUT2D eigenvalue weighted by molar-refractivity contribution is 7.12. The zero-order valence-corrected chi connectivity index (χ0v) is 19.1. The van der Waals surface area contributed by atoms with Crippen molar-refractivity contribution in [2.75, 3.05) is 6.54 Å². The molecule has 5 nitrogen and oxygen atoms in total. The summed E-state index contributed by atoms with van der Waals surface area (Å²) in [5.41, 5.74) is 2.23. The molecule has 3 N–H and O–H groups in total. The summed E-state index contributed by atoms with van der Waals surface area (Å²) in [5, 5.41) is 11.1. The molecule has 160 valence electrons. The van der Waals surface area contributed by atoms with Crippen molar-refractivity contribution in [1.82, 2.24) is 15.6 Å². The highest BCUT2D eigenvalue weighted by Crippen LogP contribution is 2.32. The molecule has 0 aliphatic heterocycles. The van der Waals surface area contributed by atoms with Gasteiger partial charge in [0.1, 0.15) is 6.04 Å². The van der Waals surface area contributed by atoms with Gasteiger partial charge in [0.05, 0.1) is 4.88 Å². The van der Waals surface area contributed by atoms with Crippen molar-refractivity contribution in [3.63, 3.8) is 0 Å².